The van der Waals surface area contributed by atoms with E-state index in [4.69, 9.17) is 9.07 Å². The summed E-state index contributed by atoms with van der Waals surface area (Å²) in [5, 5.41) is 0. The third kappa shape index (κ3) is 2.38. The highest BCUT2D eigenvalue weighted by atomic mass is 35.5. The number of halogens is 1. The molecule has 0 saturated heterocycles. The average Bonchev–Trinajstić information content (AvgIpc) is 1.90. The minimum Gasteiger partial charge on any atom is -0.336 e. The van der Waals surface area contributed by atoms with Crippen molar-refractivity contribution in [3.05, 3.63) is 24.3 Å². The second-order valence-electron chi connectivity index (χ2n) is 1.80. The van der Waals surface area contributed by atoms with Gasteiger partial charge in [-0.1, -0.05) is 24.3 Å². The zero-order chi connectivity index (χ0) is 6.69. The highest BCUT2D eigenvalue weighted by molar-refractivity contribution is 7.80. The first kappa shape index (κ1) is 7.73. The Morgan fingerprint density at radius 1 is 1.22 bits per heavy atom. The lowest BCUT2D eigenvalue weighted by molar-refractivity contribution is 1.50. The van der Waals surface area contributed by atoms with Crippen LogP contribution in [0.2, 0.25) is 0 Å². The predicted octanol–water partition coefficient (Wildman–Crippen LogP) is 1.46. The lowest BCUT2D eigenvalue weighted by atomic mass is 10.4. The van der Waals surface area contributed by atoms with Gasteiger partial charge in [-0.05, 0) is 0 Å². The van der Waals surface area contributed by atoms with Gasteiger partial charge >= 0.3 is 19.3 Å². The molecule has 0 aliphatic heterocycles. The summed E-state index contributed by atoms with van der Waals surface area (Å²) in [6.45, 7) is 0. The molecular weight excluding hydrogens is 164 g/mol. The lowest BCUT2D eigenvalue weighted by Gasteiger charge is -1.92. The Kier molecular flexibility index (Phi) is 3.19. The Morgan fingerprint density at radius 2 is 1.78 bits per heavy atom. The van der Waals surface area contributed by atoms with E-state index in [1.165, 1.54) is 3.69 Å². The summed E-state index contributed by atoms with van der Waals surface area (Å²) in [4.78, 5) is 0.998. The van der Waals surface area contributed by atoms with E-state index in [-0.39, 0.29) is 0 Å². The molecule has 0 radical (unpaired) electrons. The molecular formula is C6H5ClMgS. The fourth-order valence-electron chi connectivity index (χ4n) is 0.585. The maximum Gasteiger partial charge on any atom is 0.538 e. The molecule has 44 valence electrons. The van der Waals surface area contributed by atoms with Crippen LogP contribution in [0.4, 0.5) is 0 Å². The quantitative estimate of drug-likeness (QED) is 0.477. The minimum atomic E-state index is -0.486. The molecule has 0 amide bonds. The molecule has 0 saturated carbocycles. The molecule has 0 fully saturated rings. The summed E-state index contributed by atoms with van der Waals surface area (Å²) in [5.41, 5.74) is 0. The first-order chi connectivity index (χ1) is 4.33. The van der Waals surface area contributed by atoms with E-state index in [1.807, 2.05) is 24.3 Å². The van der Waals surface area contributed by atoms with E-state index in [2.05, 4.69) is 12.6 Å². The van der Waals surface area contributed by atoms with Gasteiger partial charge in [-0.2, -0.15) is 0 Å². The molecule has 1 rings (SSSR count). The molecule has 3 heteroatoms. The van der Waals surface area contributed by atoms with Crippen LogP contribution in [-0.2, 0) is 0 Å². The SMILES string of the molecule is Sc1cc[c]([Mg][Cl])cc1. The molecule has 0 spiro atoms. The molecule has 0 atom stereocenters. The van der Waals surface area contributed by atoms with Gasteiger partial charge in [0.05, 0.1) is 0 Å². The van der Waals surface area contributed by atoms with E-state index < -0.39 is 19.3 Å². The Balaban J connectivity index is 2.88. The van der Waals surface area contributed by atoms with Crippen LogP contribution >= 0.6 is 21.7 Å². The molecule has 0 aliphatic carbocycles. The van der Waals surface area contributed by atoms with Crippen molar-refractivity contribution in [3.8, 4) is 0 Å². The normalized spacial score (nSPS) is 8.67. The van der Waals surface area contributed by atoms with Crippen LogP contribution in [0.5, 0.6) is 0 Å². The summed E-state index contributed by atoms with van der Waals surface area (Å²) >= 11 is 3.66. The highest BCUT2D eigenvalue weighted by Crippen LogP contribution is 2.00. The van der Waals surface area contributed by atoms with Gasteiger partial charge in [0.25, 0.3) is 0 Å². The van der Waals surface area contributed by atoms with E-state index in [1.54, 1.807) is 0 Å². The van der Waals surface area contributed by atoms with Gasteiger partial charge in [0.1, 0.15) is 0 Å². The third-order valence-electron chi connectivity index (χ3n) is 1.09. The monoisotopic (exact) mass is 168 g/mol. The maximum atomic E-state index is 5.69. The summed E-state index contributed by atoms with van der Waals surface area (Å²) in [6, 6.07) is 7.99. The van der Waals surface area contributed by atoms with Crippen molar-refractivity contribution in [1.82, 2.24) is 0 Å². The first-order valence-electron chi connectivity index (χ1n) is 2.67. The summed E-state index contributed by atoms with van der Waals surface area (Å²) in [7, 11) is 5.69. The second-order valence-corrected chi connectivity index (χ2v) is 4.20. The van der Waals surface area contributed by atoms with E-state index in [0.29, 0.717) is 0 Å². The van der Waals surface area contributed by atoms with Gasteiger partial charge in [0.15, 0.2) is 0 Å². The maximum absolute atomic E-state index is 5.69. The van der Waals surface area contributed by atoms with Crippen LogP contribution in [0.15, 0.2) is 29.2 Å². The van der Waals surface area contributed by atoms with Crippen molar-refractivity contribution in [1.29, 1.82) is 0 Å². The van der Waals surface area contributed by atoms with Gasteiger partial charge in [-0.15, -0.1) is 16.3 Å². The van der Waals surface area contributed by atoms with Crippen molar-refractivity contribution in [2.24, 2.45) is 0 Å². The molecule has 0 bridgehead atoms. The predicted molar refractivity (Wildman–Crippen MR) is 44.9 cm³/mol. The van der Waals surface area contributed by atoms with Crippen molar-refractivity contribution in [2.75, 3.05) is 0 Å². The lowest BCUT2D eigenvalue weighted by Crippen LogP contribution is -2.06. The van der Waals surface area contributed by atoms with Crippen LogP contribution in [0.3, 0.4) is 0 Å². The molecule has 0 aromatic heterocycles. The summed E-state index contributed by atoms with van der Waals surface area (Å²) < 4.78 is 1.27. The smallest absolute Gasteiger partial charge is 0.336 e. The van der Waals surface area contributed by atoms with E-state index >= 15 is 0 Å². The first-order valence-corrected chi connectivity index (χ1v) is 5.96. The van der Waals surface area contributed by atoms with Gasteiger partial charge in [-0.3, -0.25) is 0 Å². The molecule has 1 aromatic carbocycles. The minimum absolute atomic E-state index is 0.486. The van der Waals surface area contributed by atoms with Gasteiger partial charge in [0.2, 0.25) is 0 Å². The van der Waals surface area contributed by atoms with Gasteiger partial charge < -0.3 is 9.07 Å². The van der Waals surface area contributed by atoms with E-state index in [9.17, 15) is 0 Å². The largest absolute Gasteiger partial charge is 0.538 e. The topological polar surface area (TPSA) is 0 Å². The number of hydrogen-bond donors (Lipinski definition) is 1. The molecule has 9 heavy (non-hydrogen) atoms. The van der Waals surface area contributed by atoms with Gasteiger partial charge in [-0.25, -0.2) is 0 Å². The Hall–Kier alpha value is 0.626. The van der Waals surface area contributed by atoms with Crippen LogP contribution in [0.25, 0.3) is 0 Å². The van der Waals surface area contributed by atoms with Crippen molar-refractivity contribution in [2.45, 2.75) is 4.90 Å². The third-order valence-corrected chi connectivity index (χ3v) is 3.09. The Bertz CT molecular complexity index is 185. The zero-order valence-corrected chi connectivity index (χ0v) is 7.91. The number of thiol groups is 1. The second kappa shape index (κ2) is 3.71. The summed E-state index contributed by atoms with van der Waals surface area (Å²) in [6.07, 6.45) is 0. The van der Waals surface area contributed by atoms with Crippen LogP contribution in [0.1, 0.15) is 0 Å². The van der Waals surface area contributed by atoms with Crippen LogP contribution in [0, 0.1) is 0 Å². The van der Waals surface area contributed by atoms with Gasteiger partial charge in [0, 0.05) is 4.90 Å². The van der Waals surface area contributed by atoms with Crippen LogP contribution < -0.4 is 3.69 Å². The fourth-order valence-corrected chi connectivity index (χ4v) is 1.68. The molecule has 0 heterocycles. The molecule has 0 unspecified atom stereocenters. The molecule has 0 N–H and O–H groups in total. The highest BCUT2D eigenvalue weighted by Gasteiger charge is 1.92. The number of hydrogen-bond acceptors (Lipinski definition) is 1. The number of rotatable bonds is 1. The Morgan fingerprint density at radius 3 is 2.22 bits per heavy atom. The van der Waals surface area contributed by atoms with Crippen LogP contribution in [-0.4, -0.2) is 19.3 Å². The van der Waals surface area contributed by atoms with Crippen molar-refractivity contribution in [3.63, 3.8) is 0 Å². The zero-order valence-electron chi connectivity index (χ0n) is 4.84. The fraction of sp³-hybridized carbons (Fsp3) is 0. The van der Waals surface area contributed by atoms with Crippen molar-refractivity contribution < 1.29 is 0 Å². The van der Waals surface area contributed by atoms with Crippen molar-refractivity contribution >= 4 is 44.7 Å². The number of benzene rings is 1. The summed E-state index contributed by atoms with van der Waals surface area (Å²) in [5.74, 6) is 0. The van der Waals surface area contributed by atoms with E-state index in [0.717, 1.165) is 4.90 Å². The Labute approximate surface area is 73.5 Å². The standard InChI is InChI=1S/C6H5S.ClH.Mg/c7-6-4-2-1-3-5-6;;/h2-5,7H;1H;/q;;+1/p-1. The average molecular weight is 169 g/mol. The molecule has 0 aliphatic rings. The molecule has 0 nitrogen and oxygen atoms in total. The molecule has 1 aromatic rings.